The van der Waals surface area contributed by atoms with Crippen LogP contribution >= 0.6 is 11.6 Å². The molecule has 4 nitrogen and oxygen atoms in total. The number of ether oxygens (including phenoxy) is 2. The fourth-order valence-electron chi connectivity index (χ4n) is 1.16. The predicted octanol–water partition coefficient (Wildman–Crippen LogP) is 3.00. The molecular formula is C11H10ClF3O4. The van der Waals surface area contributed by atoms with Crippen molar-refractivity contribution in [2.45, 2.75) is 6.18 Å². The number of carboxylic acids is 1. The molecule has 0 fully saturated rings. The van der Waals surface area contributed by atoms with Crippen molar-refractivity contribution in [2.75, 3.05) is 19.8 Å². The summed E-state index contributed by atoms with van der Waals surface area (Å²) >= 11 is 5.64. The van der Waals surface area contributed by atoms with Gasteiger partial charge in [0.2, 0.25) is 0 Å². The van der Waals surface area contributed by atoms with Crippen LogP contribution in [0, 0.1) is 0 Å². The van der Waals surface area contributed by atoms with E-state index in [0.29, 0.717) is 0 Å². The normalized spacial score (nSPS) is 11.4. The van der Waals surface area contributed by atoms with Crippen LogP contribution in [0.25, 0.3) is 0 Å². The molecule has 0 aliphatic carbocycles. The third-order valence-electron chi connectivity index (χ3n) is 1.93. The van der Waals surface area contributed by atoms with E-state index in [2.05, 4.69) is 4.74 Å². The van der Waals surface area contributed by atoms with E-state index in [1.807, 2.05) is 0 Å². The number of aromatic carboxylic acids is 1. The van der Waals surface area contributed by atoms with Crippen molar-refractivity contribution < 1.29 is 32.5 Å². The Hall–Kier alpha value is -1.47. The highest BCUT2D eigenvalue weighted by Crippen LogP contribution is 2.22. The quantitative estimate of drug-likeness (QED) is 0.820. The number of benzene rings is 1. The van der Waals surface area contributed by atoms with E-state index in [9.17, 15) is 18.0 Å². The highest BCUT2D eigenvalue weighted by molar-refractivity contribution is 6.33. The third-order valence-corrected chi connectivity index (χ3v) is 2.26. The van der Waals surface area contributed by atoms with Crippen LogP contribution in [0.3, 0.4) is 0 Å². The molecule has 0 bridgehead atoms. The van der Waals surface area contributed by atoms with Crippen molar-refractivity contribution in [1.82, 2.24) is 0 Å². The average Bonchev–Trinajstić information content (AvgIpc) is 2.29. The summed E-state index contributed by atoms with van der Waals surface area (Å²) < 4.78 is 44.6. The summed E-state index contributed by atoms with van der Waals surface area (Å²) in [5.74, 6) is -1.03. The minimum absolute atomic E-state index is 0.0492. The summed E-state index contributed by atoms with van der Waals surface area (Å²) in [5.41, 5.74) is -0.143. The summed E-state index contributed by atoms with van der Waals surface area (Å²) in [7, 11) is 0. The first kappa shape index (κ1) is 15.6. The average molecular weight is 299 g/mol. The van der Waals surface area contributed by atoms with Gasteiger partial charge in [-0.25, -0.2) is 4.79 Å². The number of alkyl halides is 3. The van der Waals surface area contributed by atoms with Gasteiger partial charge in [-0.15, -0.1) is 0 Å². The summed E-state index contributed by atoms with van der Waals surface area (Å²) in [4.78, 5) is 10.8. The van der Waals surface area contributed by atoms with Crippen LogP contribution in [-0.4, -0.2) is 37.1 Å². The molecule has 8 heteroatoms. The molecule has 0 atom stereocenters. The largest absolute Gasteiger partial charge is 0.491 e. The first-order valence-electron chi connectivity index (χ1n) is 5.10. The minimum atomic E-state index is -4.38. The maximum atomic E-state index is 11.7. The molecule has 106 valence electrons. The summed E-state index contributed by atoms with van der Waals surface area (Å²) in [5, 5.41) is 8.85. The number of rotatable bonds is 6. The molecule has 1 rings (SSSR count). The third kappa shape index (κ3) is 5.80. The summed E-state index contributed by atoms with van der Waals surface area (Å²) in [6.45, 7) is -1.74. The SMILES string of the molecule is O=C(O)c1cc(OCCOCC(F)(F)F)ccc1Cl. The van der Waals surface area contributed by atoms with Gasteiger partial charge in [-0.2, -0.15) is 13.2 Å². The second-order valence-electron chi connectivity index (χ2n) is 3.46. The number of hydrogen-bond donors (Lipinski definition) is 1. The molecule has 0 saturated carbocycles. The molecule has 0 saturated heterocycles. The molecule has 0 radical (unpaired) electrons. The van der Waals surface area contributed by atoms with Crippen LogP contribution in [0.4, 0.5) is 13.2 Å². The zero-order valence-electron chi connectivity index (χ0n) is 9.54. The topological polar surface area (TPSA) is 55.8 Å². The van der Waals surface area contributed by atoms with Crippen molar-refractivity contribution in [3.63, 3.8) is 0 Å². The van der Waals surface area contributed by atoms with E-state index in [4.69, 9.17) is 21.4 Å². The van der Waals surface area contributed by atoms with Crippen LogP contribution in [0.5, 0.6) is 5.75 Å². The van der Waals surface area contributed by atoms with Gasteiger partial charge in [0.25, 0.3) is 0 Å². The molecule has 0 aliphatic rings. The van der Waals surface area contributed by atoms with Crippen LogP contribution in [-0.2, 0) is 4.74 Å². The van der Waals surface area contributed by atoms with Crippen LogP contribution in [0.15, 0.2) is 18.2 Å². The van der Waals surface area contributed by atoms with E-state index in [1.165, 1.54) is 18.2 Å². The standard InChI is InChI=1S/C11H10ClF3O4/c12-9-2-1-7(5-8(9)10(16)17)19-4-3-18-6-11(13,14)15/h1-2,5H,3-4,6H2,(H,16,17). The molecule has 0 spiro atoms. The van der Waals surface area contributed by atoms with E-state index in [-0.39, 0.29) is 29.5 Å². The minimum Gasteiger partial charge on any atom is -0.491 e. The molecule has 0 amide bonds. The Morgan fingerprint density at radius 3 is 2.58 bits per heavy atom. The van der Waals surface area contributed by atoms with Gasteiger partial charge in [0.1, 0.15) is 19.0 Å². The van der Waals surface area contributed by atoms with Gasteiger partial charge >= 0.3 is 12.1 Å². The Morgan fingerprint density at radius 2 is 2.00 bits per heavy atom. The molecule has 19 heavy (non-hydrogen) atoms. The van der Waals surface area contributed by atoms with Gasteiger partial charge in [-0.1, -0.05) is 11.6 Å². The van der Waals surface area contributed by atoms with E-state index in [0.717, 1.165) is 0 Å². The van der Waals surface area contributed by atoms with E-state index >= 15 is 0 Å². The molecule has 0 heterocycles. The second kappa shape index (κ2) is 6.63. The highest BCUT2D eigenvalue weighted by atomic mass is 35.5. The van der Waals surface area contributed by atoms with Crippen LogP contribution in [0.2, 0.25) is 5.02 Å². The lowest BCUT2D eigenvalue weighted by atomic mass is 10.2. The van der Waals surface area contributed by atoms with Crippen molar-refractivity contribution in [2.24, 2.45) is 0 Å². The molecule has 0 aliphatic heterocycles. The predicted molar refractivity (Wildman–Crippen MR) is 60.8 cm³/mol. The molecule has 0 unspecified atom stereocenters. The number of carboxylic acid groups (broad SMARTS) is 1. The zero-order valence-corrected chi connectivity index (χ0v) is 10.3. The fraction of sp³-hybridized carbons (Fsp3) is 0.364. The van der Waals surface area contributed by atoms with Gasteiger partial charge in [-0.3, -0.25) is 0 Å². The van der Waals surface area contributed by atoms with Crippen LogP contribution < -0.4 is 4.74 Å². The number of halogens is 4. The maximum absolute atomic E-state index is 11.7. The fourth-order valence-corrected chi connectivity index (χ4v) is 1.36. The van der Waals surface area contributed by atoms with E-state index in [1.54, 1.807) is 0 Å². The lowest BCUT2D eigenvalue weighted by Crippen LogP contribution is -2.19. The number of hydrogen-bond acceptors (Lipinski definition) is 3. The van der Waals surface area contributed by atoms with Gasteiger partial charge < -0.3 is 14.6 Å². The first-order valence-corrected chi connectivity index (χ1v) is 5.47. The van der Waals surface area contributed by atoms with Crippen LogP contribution in [0.1, 0.15) is 10.4 Å². The lowest BCUT2D eigenvalue weighted by Gasteiger charge is -2.09. The number of carbonyl (C=O) groups is 1. The smallest absolute Gasteiger partial charge is 0.411 e. The van der Waals surface area contributed by atoms with E-state index < -0.39 is 18.8 Å². The Balaban J connectivity index is 2.42. The summed E-state index contributed by atoms with van der Waals surface area (Å²) in [6, 6.07) is 3.93. The molecular weight excluding hydrogens is 289 g/mol. The highest BCUT2D eigenvalue weighted by Gasteiger charge is 2.27. The van der Waals surface area contributed by atoms with Gasteiger partial charge in [0, 0.05) is 0 Å². The van der Waals surface area contributed by atoms with Gasteiger partial charge in [-0.05, 0) is 18.2 Å². The van der Waals surface area contributed by atoms with Crippen molar-refractivity contribution in [1.29, 1.82) is 0 Å². The monoisotopic (exact) mass is 298 g/mol. The molecule has 1 aromatic rings. The maximum Gasteiger partial charge on any atom is 0.411 e. The summed E-state index contributed by atoms with van der Waals surface area (Å²) in [6.07, 6.45) is -4.38. The molecule has 0 aromatic heterocycles. The second-order valence-corrected chi connectivity index (χ2v) is 3.87. The van der Waals surface area contributed by atoms with Gasteiger partial charge in [0.15, 0.2) is 0 Å². The Morgan fingerprint density at radius 1 is 1.32 bits per heavy atom. The Kier molecular flexibility index (Phi) is 5.44. The van der Waals surface area contributed by atoms with Crippen molar-refractivity contribution in [3.05, 3.63) is 28.8 Å². The Labute approximate surface area is 111 Å². The first-order chi connectivity index (χ1) is 8.79. The molecule has 1 N–H and O–H groups in total. The lowest BCUT2D eigenvalue weighted by molar-refractivity contribution is -0.175. The zero-order chi connectivity index (χ0) is 14.5. The van der Waals surface area contributed by atoms with Gasteiger partial charge in [0.05, 0.1) is 17.2 Å². The van der Waals surface area contributed by atoms with Crippen molar-refractivity contribution in [3.8, 4) is 5.75 Å². The van der Waals surface area contributed by atoms with Crippen molar-refractivity contribution >= 4 is 17.6 Å². The molecule has 1 aromatic carbocycles. The Bertz CT molecular complexity index is 448.